The Kier molecular flexibility index (Phi) is 4.43. The lowest BCUT2D eigenvalue weighted by Crippen LogP contribution is -2.31. The van der Waals surface area contributed by atoms with Gasteiger partial charge in [0, 0.05) is 11.6 Å². The molecule has 0 bridgehead atoms. The average Bonchev–Trinajstić information content (AvgIpc) is 2.85. The molecule has 5 N–H and O–H groups in total. The molecule has 0 fully saturated rings. The molecule has 120 valence electrons. The summed E-state index contributed by atoms with van der Waals surface area (Å²) < 4.78 is 27.4. The Labute approximate surface area is 124 Å². The Hall–Kier alpha value is -1.31. The largest absolute Gasteiger partial charge is 0.369 e. The predicted octanol–water partition coefficient (Wildman–Crippen LogP) is 0.886. The summed E-state index contributed by atoms with van der Waals surface area (Å²) in [7, 11) is -11.1. The molecule has 0 atom stereocenters. The van der Waals surface area contributed by atoms with Crippen LogP contribution in [0, 0.1) is 0 Å². The highest BCUT2D eigenvalue weighted by molar-refractivity contribution is 7.72. The fraction of sp³-hybridized carbons (Fsp3) is 0.182. The number of hydrogen-bond acceptors (Lipinski definition) is 5. The van der Waals surface area contributed by atoms with Crippen molar-refractivity contribution >= 4 is 15.2 Å². The highest BCUT2D eigenvalue weighted by Crippen LogP contribution is 2.68. The zero-order valence-corrected chi connectivity index (χ0v) is 12.8. The van der Waals surface area contributed by atoms with Crippen molar-refractivity contribution in [2.75, 3.05) is 0 Å². The van der Waals surface area contributed by atoms with Crippen LogP contribution in [0.3, 0.4) is 0 Å². The molecule has 11 heteroatoms. The van der Waals surface area contributed by atoms with Crippen LogP contribution < -0.4 is 0 Å². The molecule has 0 saturated heterocycles. The van der Waals surface area contributed by atoms with Gasteiger partial charge < -0.3 is 29.2 Å². The maximum atomic E-state index is 11.3. The standard InChI is InChI=1S/C11H13NO8P2/c13-11(21(14,15)16,22(17,18)19)7-9-6-10(12-20-9)8-4-2-1-3-5-8/h1-6,13H,7H2,(H2,14,15,16)(H2,17,18,19). The van der Waals surface area contributed by atoms with Crippen molar-refractivity contribution < 1.29 is 38.3 Å². The Morgan fingerprint density at radius 3 is 2.09 bits per heavy atom. The third-order valence-corrected chi connectivity index (χ3v) is 6.72. The minimum atomic E-state index is -5.53. The fourth-order valence-electron chi connectivity index (χ4n) is 1.75. The molecule has 2 rings (SSSR count). The molecule has 2 aromatic rings. The van der Waals surface area contributed by atoms with Gasteiger partial charge in [-0.1, -0.05) is 35.5 Å². The van der Waals surface area contributed by atoms with Crippen molar-refractivity contribution in [1.82, 2.24) is 5.16 Å². The van der Waals surface area contributed by atoms with Crippen LogP contribution in [0.15, 0.2) is 40.9 Å². The second-order valence-corrected chi connectivity index (χ2v) is 8.59. The molecular weight excluding hydrogens is 336 g/mol. The Morgan fingerprint density at radius 2 is 1.59 bits per heavy atom. The quantitative estimate of drug-likeness (QED) is 0.493. The first-order chi connectivity index (χ1) is 10.0. The SMILES string of the molecule is O=P(O)(O)C(O)(Cc1cc(-c2ccccc2)no1)P(=O)(O)O. The summed E-state index contributed by atoms with van der Waals surface area (Å²) in [6.07, 6.45) is -1.08. The van der Waals surface area contributed by atoms with Crippen LogP contribution in [0.25, 0.3) is 11.3 Å². The molecule has 1 heterocycles. The summed E-state index contributed by atoms with van der Waals surface area (Å²) in [5, 5.41) is 9.88. The highest BCUT2D eigenvalue weighted by atomic mass is 31.2. The number of aliphatic hydroxyl groups is 1. The summed E-state index contributed by atoms with van der Waals surface area (Å²) in [6.45, 7) is 0. The van der Waals surface area contributed by atoms with E-state index in [1.807, 2.05) is 0 Å². The van der Waals surface area contributed by atoms with Crippen LogP contribution in [0.5, 0.6) is 0 Å². The van der Waals surface area contributed by atoms with Crippen LogP contribution in [0.2, 0.25) is 0 Å². The highest BCUT2D eigenvalue weighted by Gasteiger charge is 2.60. The van der Waals surface area contributed by atoms with Crippen LogP contribution in [0.4, 0.5) is 0 Å². The summed E-state index contributed by atoms with van der Waals surface area (Å²) >= 11 is 0. The molecule has 0 amide bonds. The van der Waals surface area contributed by atoms with E-state index < -0.39 is 26.7 Å². The van der Waals surface area contributed by atoms with E-state index in [4.69, 9.17) is 24.1 Å². The monoisotopic (exact) mass is 349 g/mol. The van der Waals surface area contributed by atoms with Gasteiger partial charge in [-0.2, -0.15) is 0 Å². The summed E-state index contributed by atoms with van der Waals surface area (Å²) in [4.78, 5) is 36.3. The lowest BCUT2D eigenvalue weighted by molar-refractivity contribution is 0.123. The molecule has 1 aromatic heterocycles. The van der Waals surface area contributed by atoms with Gasteiger partial charge in [-0.25, -0.2) is 0 Å². The van der Waals surface area contributed by atoms with Gasteiger partial charge in [-0.15, -0.1) is 0 Å². The molecule has 0 spiro atoms. The fourth-order valence-corrected chi connectivity index (χ4v) is 3.83. The lowest BCUT2D eigenvalue weighted by Gasteiger charge is -2.27. The average molecular weight is 349 g/mol. The summed E-state index contributed by atoms with van der Waals surface area (Å²) in [5.74, 6) is -0.270. The van der Waals surface area contributed by atoms with Crippen LogP contribution >= 0.6 is 15.2 Å². The molecule has 9 nitrogen and oxygen atoms in total. The molecule has 0 saturated carbocycles. The zero-order chi connectivity index (χ0) is 16.6. The van der Waals surface area contributed by atoms with E-state index in [1.165, 1.54) is 6.07 Å². The van der Waals surface area contributed by atoms with E-state index in [-0.39, 0.29) is 5.76 Å². The van der Waals surface area contributed by atoms with Crippen molar-refractivity contribution in [2.24, 2.45) is 0 Å². The van der Waals surface area contributed by atoms with Crippen molar-refractivity contribution in [3.05, 3.63) is 42.2 Å². The van der Waals surface area contributed by atoms with Crippen LogP contribution in [-0.2, 0) is 15.6 Å². The number of rotatable bonds is 5. The molecule has 0 aliphatic carbocycles. The smallest absolute Gasteiger partial charge is 0.367 e. The molecule has 0 radical (unpaired) electrons. The maximum absolute atomic E-state index is 11.3. The molecular formula is C11H13NO8P2. The summed E-state index contributed by atoms with van der Waals surface area (Å²) in [5.41, 5.74) is 0.933. The number of benzene rings is 1. The van der Waals surface area contributed by atoms with Gasteiger partial charge in [0.15, 0.2) is 0 Å². The maximum Gasteiger partial charge on any atom is 0.369 e. The van der Waals surface area contributed by atoms with Gasteiger partial charge in [0.05, 0.1) is 6.42 Å². The van der Waals surface area contributed by atoms with Gasteiger partial charge in [0.2, 0.25) is 0 Å². The van der Waals surface area contributed by atoms with Gasteiger partial charge in [0.1, 0.15) is 11.5 Å². The third kappa shape index (κ3) is 3.21. The topological polar surface area (TPSA) is 161 Å². The normalized spacial score (nSPS) is 13.3. The van der Waals surface area contributed by atoms with Gasteiger partial charge >= 0.3 is 15.2 Å². The first-order valence-corrected chi connectivity index (χ1v) is 9.12. The molecule has 22 heavy (non-hydrogen) atoms. The van der Waals surface area contributed by atoms with Crippen LogP contribution in [0.1, 0.15) is 5.76 Å². The number of hydrogen-bond donors (Lipinski definition) is 5. The number of aromatic nitrogens is 1. The van der Waals surface area contributed by atoms with Gasteiger partial charge in [0.25, 0.3) is 5.08 Å². The first kappa shape index (κ1) is 17.1. The van der Waals surface area contributed by atoms with Crippen molar-refractivity contribution in [2.45, 2.75) is 11.5 Å². The molecule has 1 aromatic carbocycles. The van der Waals surface area contributed by atoms with Crippen molar-refractivity contribution in [3.63, 3.8) is 0 Å². The Bertz CT molecular complexity index is 724. The summed E-state index contributed by atoms with van der Waals surface area (Å²) in [6, 6.07) is 9.85. The van der Waals surface area contributed by atoms with E-state index in [1.54, 1.807) is 30.3 Å². The second-order valence-electron chi connectivity index (χ2n) is 4.58. The van der Waals surface area contributed by atoms with E-state index >= 15 is 0 Å². The molecule has 0 aliphatic heterocycles. The van der Waals surface area contributed by atoms with E-state index in [9.17, 15) is 14.2 Å². The molecule has 0 aliphatic rings. The molecule has 0 unspecified atom stereocenters. The van der Waals surface area contributed by atoms with E-state index in [0.29, 0.717) is 11.3 Å². The van der Waals surface area contributed by atoms with Gasteiger partial charge in [-0.3, -0.25) is 9.13 Å². The Balaban J connectivity index is 2.36. The second kappa shape index (κ2) is 5.72. The van der Waals surface area contributed by atoms with Gasteiger partial charge in [-0.05, 0) is 0 Å². The minimum Gasteiger partial charge on any atom is -0.367 e. The van der Waals surface area contributed by atoms with E-state index in [2.05, 4.69) is 5.16 Å². The first-order valence-electron chi connectivity index (χ1n) is 5.89. The van der Waals surface area contributed by atoms with Crippen molar-refractivity contribution in [1.29, 1.82) is 0 Å². The minimum absolute atomic E-state index is 0.270. The number of nitrogens with zero attached hydrogens (tertiary/aromatic N) is 1. The van der Waals surface area contributed by atoms with Crippen LogP contribution in [-0.4, -0.2) is 34.9 Å². The lowest BCUT2D eigenvalue weighted by atomic mass is 10.1. The van der Waals surface area contributed by atoms with E-state index in [0.717, 1.165) is 0 Å². The van der Waals surface area contributed by atoms with Crippen molar-refractivity contribution in [3.8, 4) is 11.3 Å². The Morgan fingerprint density at radius 1 is 1.05 bits per heavy atom. The predicted molar refractivity (Wildman–Crippen MR) is 74.7 cm³/mol. The third-order valence-electron chi connectivity index (χ3n) is 2.97. The zero-order valence-electron chi connectivity index (χ0n) is 11.0.